The summed E-state index contributed by atoms with van der Waals surface area (Å²) < 4.78 is 17.9. The minimum absolute atomic E-state index is 0.0645. The highest BCUT2D eigenvalue weighted by Gasteiger charge is 2.12. The Balaban J connectivity index is 1.99. The van der Waals surface area contributed by atoms with Gasteiger partial charge in [0.1, 0.15) is 5.82 Å². The predicted molar refractivity (Wildman–Crippen MR) is 72.0 cm³/mol. The summed E-state index contributed by atoms with van der Waals surface area (Å²) in [4.78, 5) is 16.5. The predicted octanol–water partition coefficient (Wildman–Crippen LogP) is 2.72. The number of aromatic nitrogens is 1. The second-order valence-electron chi connectivity index (χ2n) is 3.83. The zero-order valence-electron chi connectivity index (χ0n) is 10.4. The van der Waals surface area contributed by atoms with E-state index in [9.17, 15) is 9.18 Å². The molecule has 1 aromatic carbocycles. The maximum Gasteiger partial charge on any atom is 0.340 e. The number of hydrogen-bond donors (Lipinski definition) is 1. The van der Waals surface area contributed by atoms with Gasteiger partial charge in [-0.3, -0.25) is 4.98 Å². The van der Waals surface area contributed by atoms with Crippen LogP contribution in [0.5, 0.6) is 0 Å². The number of esters is 1. The molecule has 2 aromatic rings. The molecule has 0 fully saturated rings. The van der Waals surface area contributed by atoms with Crippen molar-refractivity contribution < 1.29 is 13.9 Å². The molecular weight excluding hydrogens is 267 g/mol. The number of rotatable bonds is 5. The summed E-state index contributed by atoms with van der Waals surface area (Å²) in [5.41, 5.74) is 2.40. The first-order chi connectivity index (χ1) is 9.20. The third-order valence-corrected chi connectivity index (χ3v) is 3.40. The van der Waals surface area contributed by atoms with Crippen LogP contribution >= 0.6 is 11.3 Å². The highest BCUT2D eigenvalue weighted by atomic mass is 32.1. The van der Waals surface area contributed by atoms with E-state index in [1.165, 1.54) is 24.1 Å². The lowest BCUT2D eigenvalue weighted by atomic mass is 10.2. The van der Waals surface area contributed by atoms with Gasteiger partial charge in [-0.1, -0.05) is 0 Å². The number of thiazole rings is 1. The first-order valence-corrected chi connectivity index (χ1v) is 6.58. The largest absolute Gasteiger partial charge is 0.465 e. The van der Waals surface area contributed by atoms with E-state index in [2.05, 4.69) is 15.0 Å². The number of nitrogens with zero attached hydrogens (tertiary/aromatic N) is 1. The Kier molecular flexibility index (Phi) is 4.46. The number of anilines is 1. The summed E-state index contributed by atoms with van der Waals surface area (Å²) in [5.74, 6) is -1.26. The van der Waals surface area contributed by atoms with Crippen LogP contribution in [0.4, 0.5) is 10.1 Å². The second kappa shape index (κ2) is 6.29. The highest BCUT2D eigenvalue weighted by molar-refractivity contribution is 7.09. The van der Waals surface area contributed by atoms with E-state index in [0.717, 1.165) is 6.42 Å². The summed E-state index contributed by atoms with van der Waals surface area (Å²) in [7, 11) is 1.23. The van der Waals surface area contributed by atoms with Gasteiger partial charge < -0.3 is 10.1 Å². The molecule has 6 heteroatoms. The molecular formula is C13H13FN2O2S. The standard InChI is InChI=1S/C13H13FN2O2S/c1-18-13(17)11-6-9(2-3-12(11)14)16-5-4-10-7-15-8-19-10/h2-3,6-8,16H,4-5H2,1H3. The molecule has 2 rings (SSSR count). The second-order valence-corrected chi connectivity index (χ2v) is 4.80. The van der Waals surface area contributed by atoms with E-state index < -0.39 is 11.8 Å². The van der Waals surface area contributed by atoms with E-state index in [1.54, 1.807) is 22.9 Å². The Bertz CT molecular complexity index is 558. The minimum atomic E-state index is -0.677. The third-order valence-electron chi connectivity index (χ3n) is 2.56. The SMILES string of the molecule is COC(=O)c1cc(NCCc2cncs2)ccc1F. The molecule has 0 saturated carbocycles. The van der Waals surface area contributed by atoms with Crippen molar-refractivity contribution in [3.8, 4) is 0 Å². The molecule has 0 bridgehead atoms. The Morgan fingerprint density at radius 1 is 1.53 bits per heavy atom. The van der Waals surface area contributed by atoms with Crippen LogP contribution in [0.2, 0.25) is 0 Å². The van der Waals surface area contributed by atoms with Gasteiger partial charge in [0, 0.05) is 29.7 Å². The lowest BCUT2D eigenvalue weighted by molar-refractivity contribution is 0.0595. The maximum absolute atomic E-state index is 13.4. The molecule has 0 spiro atoms. The lowest BCUT2D eigenvalue weighted by Gasteiger charge is -2.07. The molecule has 0 radical (unpaired) electrons. The average Bonchev–Trinajstić information content (AvgIpc) is 2.93. The van der Waals surface area contributed by atoms with Crippen molar-refractivity contribution in [2.75, 3.05) is 19.0 Å². The van der Waals surface area contributed by atoms with Crippen LogP contribution in [0.25, 0.3) is 0 Å². The number of halogens is 1. The molecule has 0 aliphatic heterocycles. The van der Waals surface area contributed by atoms with Crippen molar-refractivity contribution in [3.05, 3.63) is 46.2 Å². The Morgan fingerprint density at radius 2 is 2.37 bits per heavy atom. The van der Waals surface area contributed by atoms with Gasteiger partial charge in [-0.25, -0.2) is 9.18 Å². The monoisotopic (exact) mass is 280 g/mol. The molecule has 0 unspecified atom stereocenters. The highest BCUT2D eigenvalue weighted by Crippen LogP contribution is 2.16. The fourth-order valence-corrected chi connectivity index (χ4v) is 2.20. The summed E-state index contributed by atoms with van der Waals surface area (Å²) in [5, 5.41) is 3.13. The topological polar surface area (TPSA) is 51.2 Å². The van der Waals surface area contributed by atoms with Crippen LogP contribution in [0.1, 0.15) is 15.2 Å². The smallest absolute Gasteiger partial charge is 0.340 e. The zero-order valence-corrected chi connectivity index (χ0v) is 11.2. The van der Waals surface area contributed by atoms with Crippen LogP contribution in [0.15, 0.2) is 29.9 Å². The Labute approximate surface area is 114 Å². The van der Waals surface area contributed by atoms with Crippen LogP contribution in [0.3, 0.4) is 0 Å². The number of carbonyl (C=O) groups excluding carboxylic acids is 1. The van der Waals surface area contributed by atoms with Crippen molar-refractivity contribution in [1.29, 1.82) is 0 Å². The minimum Gasteiger partial charge on any atom is -0.465 e. The fourth-order valence-electron chi connectivity index (χ4n) is 1.60. The van der Waals surface area contributed by atoms with Crippen molar-refractivity contribution >= 4 is 23.0 Å². The molecule has 4 nitrogen and oxygen atoms in total. The number of ether oxygens (including phenoxy) is 1. The molecule has 1 N–H and O–H groups in total. The number of nitrogens with one attached hydrogen (secondary N) is 1. The van der Waals surface area contributed by atoms with Crippen molar-refractivity contribution in [1.82, 2.24) is 4.98 Å². The van der Waals surface area contributed by atoms with Crippen LogP contribution in [-0.2, 0) is 11.2 Å². The summed E-state index contributed by atoms with van der Waals surface area (Å²) >= 11 is 1.59. The van der Waals surface area contributed by atoms with E-state index in [1.807, 2.05) is 6.20 Å². The van der Waals surface area contributed by atoms with E-state index >= 15 is 0 Å². The molecule has 0 atom stereocenters. The van der Waals surface area contributed by atoms with E-state index in [-0.39, 0.29) is 5.56 Å². The van der Waals surface area contributed by atoms with Crippen molar-refractivity contribution in [2.24, 2.45) is 0 Å². The number of hydrogen-bond acceptors (Lipinski definition) is 5. The summed E-state index contributed by atoms with van der Waals surface area (Å²) in [6, 6.07) is 4.30. The summed E-state index contributed by atoms with van der Waals surface area (Å²) in [6.07, 6.45) is 2.65. The van der Waals surface area contributed by atoms with Gasteiger partial charge in [0.15, 0.2) is 0 Å². The van der Waals surface area contributed by atoms with Gasteiger partial charge in [-0.05, 0) is 18.2 Å². The number of carbonyl (C=O) groups is 1. The van der Waals surface area contributed by atoms with E-state index in [0.29, 0.717) is 12.2 Å². The molecule has 0 aliphatic rings. The molecule has 19 heavy (non-hydrogen) atoms. The van der Waals surface area contributed by atoms with Crippen molar-refractivity contribution in [3.63, 3.8) is 0 Å². The Hall–Kier alpha value is -1.95. The fraction of sp³-hybridized carbons (Fsp3) is 0.231. The molecule has 1 heterocycles. The first-order valence-electron chi connectivity index (χ1n) is 5.70. The van der Waals surface area contributed by atoms with Gasteiger partial charge in [0.05, 0.1) is 18.2 Å². The van der Waals surface area contributed by atoms with Crippen molar-refractivity contribution in [2.45, 2.75) is 6.42 Å². The first kappa shape index (κ1) is 13.5. The lowest BCUT2D eigenvalue weighted by Crippen LogP contribution is -2.08. The third kappa shape index (κ3) is 3.51. The van der Waals surface area contributed by atoms with Crippen LogP contribution in [0, 0.1) is 5.82 Å². The van der Waals surface area contributed by atoms with Crippen LogP contribution in [-0.4, -0.2) is 24.6 Å². The normalized spacial score (nSPS) is 10.2. The molecule has 0 aliphatic carbocycles. The van der Waals surface area contributed by atoms with Gasteiger partial charge >= 0.3 is 5.97 Å². The van der Waals surface area contributed by atoms with Gasteiger partial charge in [0.25, 0.3) is 0 Å². The number of benzene rings is 1. The molecule has 1 aromatic heterocycles. The molecule has 0 saturated heterocycles. The van der Waals surface area contributed by atoms with Gasteiger partial charge in [-0.15, -0.1) is 11.3 Å². The average molecular weight is 280 g/mol. The van der Waals surface area contributed by atoms with Gasteiger partial charge in [-0.2, -0.15) is 0 Å². The summed E-state index contributed by atoms with van der Waals surface area (Å²) in [6.45, 7) is 0.689. The molecule has 100 valence electrons. The van der Waals surface area contributed by atoms with Crippen LogP contribution < -0.4 is 5.32 Å². The Morgan fingerprint density at radius 3 is 3.05 bits per heavy atom. The quantitative estimate of drug-likeness (QED) is 0.856. The molecule has 0 amide bonds. The van der Waals surface area contributed by atoms with E-state index in [4.69, 9.17) is 0 Å². The maximum atomic E-state index is 13.4. The zero-order chi connectivity index (χ0) is 13.7. The number of methoxy groups -OCH3 is 1. The van der Waals surface area contributed by atoms with Gasteiger partial charge in [0.2, 0.25) is 0 Å².